The second-order valence-corrected chi connectivity index (χ2v) is 7.15. The van der Waals surface area contributed by atoms with Crippen molar-refractivity contribution < 1.29 is 4.79 Å². The van der Waals surface area contributed by atoms with Crippen LogP contribution in [0.5, 0.6) is 0 Å². The maximum Gasteiger partial charge on any atom is 0.226 e. The summed E-state index contributed by atoms with van der Waals surface area (Å²) in [7, 11) is 0. The van der Waals surface area contributed by atoms with Crippen LogP contribution in [-0.4, -0.2) is 46.4 Å². The molecular weight excluding hydrogens is 356 g/mol. The van der Waals surface area contributed by atoms with Crippen molar-refractivity contribution >= 4 is 17.5 Å². The molecule has 0 fully saturated rings. The zero-order valence-electron chi connectivity index (χ0n) is 15.9. The van der Waals surface area contributed by atoms with Crippen molar-refractivity contribution in [1.29, 1.82) is 0 Å². The van der Waals surface area contributed by atoms with Crippen LogP contribution < -0.4 is 4.90 Å². The van der Waals surface area contributed by atoms with Gasteiger partial charge < -0.3 is 4.57 Å². The molecule has 5 rings (SSSR count). The molecule has 9 nitrogen and oxygen atoms in total. The molecule has 5 heterocycles. The number of anilines is 1. The van der Waals surface area contributed by atoms with Crippen molar-refractivity contribution in [2.45, 2.75) is 33.4 Å². The van der Waals surface area contributed by atoms with Crippen LogP contribution in [0, 0.1) is 0 Å². The van der Waals surface area contributed by atoms with Gasteiger partial charge in [0.1, 0.15) is 17.1 Å². The Morgan fingerprint density at radius 1 is 1.07 bits per heavy atom. The number of amides is 1. The summed E-state index contributed by atoms with van der Waals surface area (Å²) in [5.74, 6) is 0.622. The van der Waals surface area contributed by atoms with E-state index in [1.54, 1.807) is 22.5 Å². The first-order chi connectivity index (χ1) is 13.5. The van der Waals surface area contributed by atoms with Gasteiger partial charge in [0, 0.05) is 44.6 Å². The lowest BCUT2D eigenvalue weighted by Crippen LogP contribution is -2.26. The molecule has 0 unspecified atom stereocenters. The first-order valence-corrected chi connectivity index (χ1v) is 9.28. The van der Waals surface area contributed by atoms with E-state index in [0.717, 1.165) is 28.4 Å². The molecular formula is C19H20N8O. The molecule has 1 amide bonds. The molecule has 0 N–H and O–H groups in total. The van der Waals surface area contributed by atoms with E-state index in [1.807, 2.05) is 35.3 Å². The molecule has 1 aliphatic rings. The molecule has 0 atom stereocenters. The molecule has 0 aromatic carbocycles. The Bertz CT molecular complexity index is 1200. The summed E-state index contributed by atoms with van der Waals surface area (Å²) in [5, 5.41) is 9.40. The SMILES string of the molecule is CC(=O)N1CCn2c1nc(-c1ccn(C(C)C)n1)c2-c1ccc2nccn2n1. The van der Waals surface area contributed by atoms with Crippen LogP contribution in [-0.2, 0) is 11.3 Å². The minimum atomic E-state index is -0.0208. The number of carbonyl (C=O) groups excluding carboxylic acids is 1. The fourth-order valence-electron chi connectivity index (χ4n) is 3.59. The largest absolute Gasteiger partial charge is 0.306 e. The highest BCUT2D eigenvalue weighted by Gasteiger charge is 2.31. The summed E-state index contributed by atoms with van der Waals surface area (Å²) in [6, 6.07) is 6.07. The first kappa shape index (κ1) is 16.7. The minimum Gasteiger partial charge on any atom is -0.306 e. The zero-order chi connectivity index (χ0) is 19.4. The summed E-state index contributed by atoms with van der Waals surface area (Å²) >= 11 is 0. The summed E-state index contributed by atoms with van der Waals surface area (Å²) in [6.07, 6.45) is 5.48. The van der Waals surface area contributed by atoms with Crippen molar-refractivity contribution in [2.24, 2.45) is 0 Å². The lowest BCUT2D eigenvalue weighted by atomic mass is 10.2. The maximum atomic E-state index is 12.1. The molecule has 0 radical (unpaired) electrons. The van der Waals surface area contributed by atoms with Crippen molar-refractivity contribution in [3.8, 4) is 22.8 Å². The van der Waals surface area contributed by atoms with Crippen molar-refractivity contribution in [2.75, 3.05) is 11.4 Å². The van der Waals surface area contributed by atoms with E-state index in [4.69, 9.17) is 15.2 Å². The average molecular weight is 376 g/mol. The highest BCUT2D eigenvalue weighted by Crippen LogP contribution is 2.36. The van der Waals surface area contributed by atoms with Crippen LogP contribution in [0.25, 0.3) is 28.4 Å². The fourth-order valence-corrected chi connectivity index (χ4v) is 3.59. The van der Waals surface area contributed by atoms with Gasteiger partial charge in [0.15, 0.2) is 5.65 Å². The molecule has 0 bridgehead atoms. The van der Waals surface area contributed by atoms with E-state index in [1.165, 1.54) is 0 Å². The molecule has 0 saturated heterocycles. The van der Waals surface area contributed by atoms with Crippen molar-refractivity contribution in [1.82, 2.24) is 33.9 Å². The van der Waals surface area contributed by atoms with Crippen molar-refractivity contribution in [3.63, 3.8) is 0 Å². The van der Waals surface area contributed by atoms with E-state index >= 15 is 0 Å². The second kappa shape index (κ2) is 6.01. The number of aromatic nitrogens is 7. The molecule has 142 valence electrons. The third-order valence-electron chi connectivity index (χ3n) is 4.99. The van der Waals surface area contributed by atoms with E-state index in [9.17, 15) is 4.79 Å². The Morgan fingerprint density at radius 3 is 2.68 bits per heavy atom. The topological polar surface area (TPSA) is 86.1 Å². The van der Waals surface area contributed by atoms with Gasteiger partial charge in [-0.05, 0) is 32.0 Å². The summed E-state index contributed by atoms with van der Waals surface area (Å²) < 4.78 is 5.69. The fraction of sp³-hybridized carbons (Fsp3) is 0.316. The van der Waals surface area contributed by atoms with Gasteiger partial charge in [0.25, 0.3) is 0 Å². The Kier molecular flexibility index (Phi) is 3.58. The summed E-state index contributed by atoms with van der Waals surface area (Å²) in [6.45, 7) is 7.01. The van der Waals surface area contributed by atoms with E-state index < -0.39 is 0 Å². The minimum absolute atomic E-state index is 0.0208. The molecule has 0 aliphatic carbocycles. The van der Waals surface area contributed by atoms with E-state index in [2.05, 4.69) is 23.4 Å². The number of rotatable bonds is 3. The van der Waals surface area contributed by atoms with Crippen LogP contribution in [0.3, 0.4) is 0 Å². The lowest BCUT2D eigenvalue weighted by Gasteiger charge is -2.09. The molecule has 4 aromatic rings. The summed E-state index contributed by atoms with van der Waals surface area (Å²) in [4.78, 5) is 22.8. The molecule has 0 saturated carbocycles. The van der Waals surface area contributed by atoms with Crippen molar-refractivity contribution in [3.05, 3.63) is 36.8 Å². The molecule has 0 spiro atoms. The van der Waals surface area contributed by atoms with Gasteiger partial charge in [-0.25, -0.2) is 14.5 Å². The van der Waals surface area contributed by atoms with Gasteiger partial charge in [-0.2, -0.15) is 10.2 Å². The van der Waals surface area contributed by atoms with Crippen LogP contribution in [0.4, 0.5) is 5.95 Å². The quantitative estimate of drug-likeness (QED) is 0.548. The lowest BCUT2D eigenvalue weighted by molar-refractivity contribution is -0.116. The van der Waals surface area contributed by atoms with E-state index in [-0.39, 0.29) is 11.9 Å². The molecule has 4 aromatic heterocycles. The predicted molar refractivity (Wildman–Crippen MR) is 104 cm³/mol. The normalized spacial score (nSPS) is 13.6. The second-order valence-electron chi connectivity index (χ2n) is 7.15. The number of hydrogen-bond donors (Lipinski definition) is 0. The smallest absolute Gasteiger partial charge is 0.226 e. The third-order valence-corrected chi connectivity index (χ3v) is 4.99. The maximum absolute atomic E-state index is 12.1. The average Bonchev–Trinajstić information content (AvgIpc) is 3.41. The number of nitrogens with zero attached hydrogens (tertiary/aromatic N) is 8. The van der Waals surface area contributed by atoms with Gasteiger partial charge in [-0.15, -0.1) is 0 Å². The number of hydrogen-bond acceptors (Lipinski definition) is 5. The van der Waals surface area contributed by atoms with Crippen LogP contribution in [0.15, 0.2) is 36.8 Å². The van der Waals surface area contributed by atoms with Gasteiger partial charge in [-0.3, -0.25) is 14.4 Å². The standard InChI is InChI=1S/C19H20N8O/c1-12(2)26-8-6-14(22-26)17-18(15-4-5-16-20-7-9-27(16)23-15)25-11-10-24(13(3)28)19(25)21-17/h4-9,12H,10-11H2,1-3H3. The highest BCUT2D eigenvalue weighted by atomic mass is 16.2. The Labute approximate surface area is 161 Å². The van der Waals surface area contributed by atoms with Gasteiger partial charge in [0.05, 0.1) is 5.69 Å². The molecule has 1 aliphatic heterocycles. The molecule has 28 heavy (non-hydrogen) atoms. The van der Waals surface area contributed by atoms with Gasteiger partial charge >= 0.3 is 0 Å². The Balaban J connectivity index is 1.73. The highest BCUT2D eigenvalue weighted by molar-refractivity contribution is 5.92. The van der Waals surface area contributed by atoms with Crippen LogP contribution in [0.1, 0.15) is 26.8 Å². The Hall–Kier alpha value is -3.49. The van der Waals surface area contributed by atoms with Gasteiger partial charge in [0.2, 0.25) is 11.9 Å². The third kappa shape index (κ3) is 2.43. The van der Waals surface area contributed by atoms with E-state index in [0.29, 0.717) is 19.0 Å². The first-order valence-electron chi connectivity index (χ1n) is 9.28. The number of fused-ring (bicyclic) bond motifs is 2. The van der Waals surface area contributed by atoms with Crippen LogP contribution >= 0.6 is 0 Å². The predicted octanol–water partition coefficient (Wildman–Crippen LogP) is 2.40. The Morgan fingerprint density at radius 2 is 1.93 bits per heavy atom. The van der Waals surface area contributed by atoms with Crippen LogP contribution in [0.2, 0.25) is 0 Å². The zero-order valence-corrected chi connectivity index (χ0v) is 15.9. The number of carbonyl (C=O) groups is 1. The summed E-state index contributed by atoms with van der Waals surface area (Å²) in [5.41, 5.74) is 3.90. The monoisotopic (exact) mass is 376 g/mol. The molecule has 9 heteroatoms. The number of imidazole rings is 2. The van der Waals surface area contributed by atoms with Gasteiger partial charge in [-0.1, -0.05) is 0 Å².